The lowest BCUT2D eigenvalue weighted by Gasteiger charge is -2.66. The van der Waals surface area contributed by atoms with Gasteiger partial charge in [0.15, 0.2) is 5.82 Å². The van der Waals surface area contributed by atoms with Crippen molar-refractivity contribution in [2.45, 2.75) is 61.4 Å². The van der Waals surface area contributed by atoms with Crippen LogP contribution in [0.15, 0.2) is 4.52 Å². The number of hydrogen-bond acceptors (Lipinski definition) is 5. The molecule has 0 spiro atoms. The molecule has 0 saturated heterocycles. The molecule has 0 aliphatic heterocycles. The second-order valence-corrected chi connectivity index (χ2v) is 6.48. The molecule has 110 valence electrons. The van der Waals surface area contributed by atoms with Gasteiger partial charge in [0.05, 0.1) is 11.5 Å². The summed E-state index contributed by atoms with van der Waals surface area (Å²) in [6.45, 7) is 0. The molecule has 4 aliphatic carbocycles. The Hall–Kier alpha value is -1.15. The lowest BCUT2D eigenvalue weighted by Crippen LogP contribution is -2.74. The van der Waals surface area contributed by atoms with E-state index in [1.54, 1.807) is 0 Å². The summed E-state index contributed by atoms with van der Waals surface area (Å²) >= 11 is 0. The van der Waals surface area contributed by atoms with Crippen LogP contribution < -0.4 is 5.73 Å². The van der Waals surface area contributed by atoms with Gasteiger partial charge in [-0.05, 0) is 32.1 Å². The zero-order valence-electron chi connectivity index (χ0n) is 10.6. The van der Waals surface area contributed by atoms with Crippen LogP contribution in [0.5, 0.6) is 0 Å². The minimum Gasteiger partial charge on any atom is -0.339 e. The number of nitrogens with two attached hydrogens (primary N) is 1. The molecule has 1 aromatic heterocycles. The molecule has 4 fully saturated rings. The van der Waals surface area contributed by atoms with E-state index in [1.165, 1.54) is 0 Å². The van der Waals surface area contributed by atoms with E-state index in [2.05, 4.69) is 14.9 Å². The van der Waals surface area contributed by atoms with Crippen molar-refractivity contribution in [3.05, 3.63) is 11.7 Å². The fourth-order valence-electron chi connectivity index (χ4n) is 3.77. The summed E-state index contributed by atoms with van der Waals surface area (Å²) in [5, 5.41) is 3.90. The van der Waals surface area contributed by atoms with Crippen molar-refractivity contribution >= 4 is 0 Å². The van der Waals surface area contributed by atoms with Crippen molar-refractivity contribution in [2.24, 2.45) is 5.73 Å². The Balaban J connectivity index is 1.37. The number of aromatic nitrogens is 2. The third-order valence-corrected chi connectivity index (χ3v) is 4.73. The Kier molecular flexibility index (Phi) is 2.23. The highest BCUT2D eigenvalue weighted by Gasteiger charge is 2.69. The number of nitrogens with zero attached hydrogens (tertiary/aromatic N) is 2. The van der Waals surface area contributed by atoms with Crippen LogP contribution in [0.3, 0.4) is 0 Å². The number of halogens is 3. The van der Waals surface area contributed by atoms with Crippen molar-refractivity contribution < 1.29 is 22.4 Å². The zero-order valence-corrected chi connectivity index (χ0v) is 10.6. The molecule has 5 nitrogen and oxygen atoms in total. The maximum Gasteiger partial charge on any atom is 0.522 e. The third kappa shape index (κ3) is 1.77. The molecule has 4 aliphatic rings. The molecule has 5 rings (SSSR count). The molecule has 1 aromatic rings. The van der Waals surface area contributed by atoms with Crippen LogP contribution in [0.2, 0.25) is 0 Å². The van der Waals surface area contributed by atoms with Gasteiger partial charge in [-0.25, -0.2) is 0 Å². The van der Waals surface area contributed by atoms with Gasteiger partial charge in [-0.1, -0.05) is 5.16 Å². The van der Waals surface area contributed by atoms with Crippen LogP contribution in [0, 0.1) is 0 Å². The van der Waals surface area contributed by atoms with Crippen molar-refractivity contribution in [1.29, 1.82) is 0 Å². The van der Waals surface area contributed by atoms with E-state index < -0.39 is 12.5 Å². The highest BCUT2D eigenvalue weighted by Crippen LogP contribution is 2.66. The molecular weight excluding hydrogens is 275 g/mol. The van der Waals surface area contributed by atoms with Gasteiger partial charge >= 0.3 is 6.36 Å². The van der Waals surface area contributed by atoms with Crippen LogP contribution in [-0.4, -0.2) is 28.1 Å². The maximum absolute atomic E-state index is 12.0. The summed E-state index contributed by atoms with van der Waals surface area (Å²) in [7, 11) is 0. The summed E-state index contributed by atoms with van der Waals surface area (Å²) in [6.07, 6.45) is -2.19. The second-order valence-electron chi connectivity index (χ2n) is 6.48. The first-order valence-corrected chi connectivity index (χ1v) is 6.65. The predicted octanol–water partition coefficient (Wildman–Crippen LogP) is 1.98. The summed E-state index contributed by atoms with van der Waals surface area (Å²) in [4.78, 5) is 4.36. The SMILES string of the molecule is NC12CC(c3nc(C4CC(OC(F)(F)F)C4)no3)(C1)C2. The number of ether oxygens (including phenoxy) is 1. The number of alkyl halides is 3. The van der Waals surface area contributed by atoms with Crippen LogP contribution in [0.4, 0.5) is 13.2 Å². The topological polar surface area (TPSA) is 74.2 Å². The van der Waals surface area contributed by atoms with E-state index in [9.17, 15) is 13.2 Å². The predicted molar refractivity (Wildman–Crippen MR) is 59.6 cm³/mol. The summed E-state index contributed by atoms with van der Waals surface area (Å²) in [5.41, 5.74) is 5.88. The lowest BCUT2D eigenvalue weighted by molar-refractivity contribution is -0.352. The molecular formula is C12H14F3N3O2. The minimum atomic E-state index is -4.57. The number of hydrogen-bond donors (Lipinski definition) is 1. The normalized spacial score (nSPS) is 42.6. The first-order valence-electron chi connectivity index (χ1n) is 6.65. The van der Waals surface area contributed by atoms with Gasteiger partial charge in [0.25, 0.3) is 0 Å². The average molecular weight is 289 g/mol. The molecule has 2 bridgehead atoms. The van der Waals surface area contributed by atoms with E-state index in [1.807, 2.05) is 0 Å². The Morgan fingerprint density at radius 1 is 1.25 bits per heavy atom. The van der Waals surface area contributed by atoms with Crippen LogP contribution in [0.25, 0.3) is 0 Å². The van der Waals surface area contributed by atoms with Gasteiger partial charge < -0.3 is 10.3 Å². The summed E-state index contributed by atoms with van der Waals surface area (Å²) in [6, 6.07) is 0. The fourth-order valence-corrected chi connectivity index (χ4v) is 3.77. The Labute approximate surface area is 112 Å². The van der Waals surface area contributed by atoms with Crippen molar-refractivity contribution in [1.82, 2.24) is 10.1 Å². The van der Waals surface area contributed by atoms with E-state index in [0.717, 1.165) is 19.3 Å². The van der Waals surface area contributed by atoms with Gasteiger partial charge in [0, 0.05) is 11.5 Å². The summed E-state index contributed by atoms with van der Waals surface area (Å²) < 4.78 is 45.3. The van der Waals surface area contributed by atoms with E-state index in [0.29, 0.717) is 11.7 Å². The van der Waals surface area contributed by atoms with Gasteiger partial charge in [-0.3, -0.25) is 4.74 Å². The Morgan fingerprint density at radius 3 is 2.45 bits per heavy atom. The molecule has 2 N–H and O–H groups in total. The molecule has 0 radical (unpaired) electrons. The molecule has 0 atom stereocenters. The highest BCUT2D eigenvalue weighted by atomic mass is 19.4. The van der Waals surface area contributed by atoms with Gasteiger partial charge in [0.2, 0.25) is 5.89 Å². The molecule has 1 heterocycles. The Morgan fingerprint density at radius 2 is 1.90 bits per heavy atom. The molecule has 0 aromatic carbocycles. The molecule has 0 unspecified atom stereocenters. The van der Waals surface area contributed by atoms with Gasteiger partial charge in [-0.2, -0.15) is 4.98 Å². The largest absolute Gasteiger partial charge is 0.522 e. The summed E-state index contributed by atoms with van der Waals surface area (Å²) in [5.74, 6) is 0.997. The first-order chi connectivity index (χ1) is 9.27. The minimum absolute atomic E-state index is 0.0449. The molecule has 0 amide bonds. The Bertz CT molecular complexity index is 531. The highest BCUT2D eigenvalue weighted by molar-refractivity contribution is 5.33. The average Bonchev–Trinajstić information content (AvgIpc) is 2.64. The fraction of sp³-hybridized carbons (Fsp3) is 0.833. The van der Waals surface area contributed by atoms with E-state index in [-0.39, 0.29) is 29.7 Å². The molecule has 4 saturated carbocycles. The quantitative estimate of drug-likeness (QED) is 0.921. The van der Waals surface area contributed by atoms with E-state index in [4.69, 9.17) is 10.3 Å². The second kappa shape index (κ2) is 3.54. The van der Waals surface area contributed by atoms with E-state index >= 15 is 0 Å². The van der Waals surface area contributed by atoms with Crippen LogP contribution >= 0.6 is 0 Å². The number of rotatable bonds is 3. The van der Waals surface area contributed by atoms with Crippen molar-refractivity contribution in [2.75, 3.05) is 0 Å². The van der Waals surface area contributed by atoms with Crippen molar-refractivity contribution in [3.8, 4) is 0 Å². The molecule has 20 heavy (non-hydrogen) atoms. The third-order valence-electron chi connectivity index (χ3n) is 4.73. The molecule has 8 heteroatoms. The standard InChI is InChI=1S/C12H14F3N3O2/c13-12(14,15)19-7-1-6(2-7)8-17-9(20-18-8)10-3-11(16,4-10)5-10/h6-7H,1-5,16H2. The van der Waals surface area contributed by atoms with Crippen molar-refractivity contribution in [3.63, 3.8) is 0 Å². The van der Waals surface area contributed by atoms with Gasteiger partial charge in [0.1, 0.15) is 0 Å². The van der Waals surface area contributed by atoms with Gasteiger partial charge in [-0.15, -0.1) is 13.2 Å². The monoisotopic (exact) mass is 289 g/mol. The van der Waals surface area contributed by atoms with Crippen LogP contribution in [-0.2, 0) is 10.2 Å². The lowest BCUT2D eigenvalue weighted by atomic mass is 9.40. The first kappa shape index (κ1) is 12.6. The zero-order chi connectivity index (χ0) is 14.2. The smallest absolute Gasteiger partial charge is 0.339 e. The maximum atomic E-state index is 12.0. The van der Waals surface area contributed by atoms with Crippen LogP contribution in [0.1, 0.15) is 49.7 Å².